The van der Waals surface area contributed by atoms with Gasteiger partial charge in [0.15, 0.2) is 0 Å². The SMILES string of the molecule is NCc1ccc(S(=O)(=O)Nc2cccc(F)c2)cn1. The number of nitrogens with zero attached hydrogens (tertiary/aromatic N) is 1. The molecule has 1 heterocycles. The van der Waals surface area contributed by atoms with Gasteiger partial charge in [0, 0.05) is 12.7 Å². The molecule has 7 heteroatoms. The monoisotopic (exact) mass is 281 g/mol. The van der Waals surface area contributed by atoms with Crippen LogP contribution in [0.5, 0.6) is 0 Å². The minimum Gasteiger partial charge on any atom is -0.325 e. The molecule has 0 aliphatic rings. The summed E-state index contributed by atoms with van der Waals surface area (Å²) in [6.45, 7) is 0.234. The molecule has 0 amide bonds. The van der Waals surface area contributed by atoms with E-state index in [4.69, 9.17) is 5.73 Å². The van der Waals surface area contributed by atoms with Gasteiger partial charge in [-0.2, -0.15) is 0 Å². The highest BCUT2D eigenvalue weighted by molar-refractivity contribution is 7.92. The molecule has 0 aliphatic heterocycles. The van der Waals surface area contributed by atoms with Crippen LogP contribution in [0.2, 0.25) is 0 Å². The van der Waals surface area contributed by atoms with Crippen molar-refractivity contribution in [3.63, 3.8) is 0 Å². The number of nitrogens with two attached hydrogens (primary N) is 1. The third-order valence-electron chi connectivity index (χ3n) is 2.39. The molecule has 0 saturated carbocycles. The number of aromatic nitrogens is 1. The second kappa shape index (κ2) is 5.33. The smallest absolute Gasteiger partial charge is 0.263 e. The van der Waals surface area contributed by atoms with E-state index in [9.17, 15) is 12.8 Å². The molecule has 100 valence electrons. The number of nitrogens with one attached hydrogen (secondary N) is 1. The van der Waals surface area contributed by atoms with Crippen LogP contribution >= 0.6 is 0 Å². The first-order valence-corrected chi connectivity index (χ1v) is 6.93. The predicted octanol–water partition coefficient (Wildman–Crippen LogP) is 1.48. The molecule has 0 radical (unpaired) electrons. The Morgan fingerprint density at radius 2 is 2.05 bits per heavy atom. The van der Waals surface area contributed by atoms with E-state index in [-0.39, 0.29) is 17.1 Å². The summed E-state index contributed by atoms with van der Waals surface area (Å²) in [7, 11) is -3.78. The number of halogens is 1. The molecule has 0 atom stereocenters. The predicted molar refractivity (Wildman–Crippen MR) is 69.3 cm³/mol. The van der Waals surface area contributed by atoms with Gasteiger partial charge in [-0.1, -0.05) is 6.07 Å². The highest BCUT2D eigenvalue weighted by Crippen LogP contribution is 2.16. The van der Waals surface area contributed by atoms with Crippen LogP contribution in [0.4, 0.5) is 10.1 Å². The van der Waals surface area contributed by atoms with Crippen molar-refractivity contribution in [3.8, 4) is 0 Å². The lowest BCUT2D eigenvalue weighted by Gasteiger charge is -2.08. The highest BCUT2D eigenvalue weighted by Gasteiger charge is 2.14. The van der Waals surface area contributed by atoms with Crippen LogP contribution in [0.1, 0.15) is 5.69 Å². The van der Waals surface area contributed by atoms with Gasteiger partial charge >= 0.3 is 0 Å². The van der Waals surface area contributed by atoms with Crippen LogP contribution in [-0.4, -0.2) is 13.4 Å². The Morgan fingerprint density at radius 1 is 1.26 bits per heavy atom. The molecular weight excluding hydrogens is 269 g/mol. The molecule has 3 N–H and O–H groups in total. The molecule has 0 bridgehead atoms. The molecule has 5 nitrogen and oxygen atoms in total. The minimum absolute atomic E-state index is 0.00559. The Hall–Kier alpha value is -1.99. The van der Waals surface area contributed by atoms with Gasteiger partial charge in [0.25, 0.3) is 10.0 Å². The number of anilines is 1. The second-order valence-corrected chi connectivity index (χ2v) is 5.49. The van der Waals surface area contributed by atoms with E-state index in [0.29, 0.717) is 5.69 Å². The normalized spacial score (nSPS) is 11.3. The maximum Gasteiger partial charge on any atom is 0.263 e. The number of pyridine rings is 1. The van der Waals surface area contributed by atoms with Crippen LogP contribution in [0.25, 0.3) is 0 Å². The van der Waals surface area contributed by atoms with Crippen molar-refractivity contribution in [1.82, 2.24) is 4.98 Å². The maximum atomic E-state index is 13.0. The van der Waals surface area contributed by atoms with E-state index >= 15 is 0 Å². The number of rotatable bonds is 4. The Balaban J connectivity index is 2.27. The zero-order chi connectivity index (χ0) is 13.9. The first-order valence-electron chi connectivity index (χ1n) is 5.44. The molecule has 19 heavy (non-hydrogen) atoms. The van der Waals surface area contributed by atoms with Gasteiger partial charge in [-0.15, -0.1) is 0 Å². The molecule has 2 rings (SSSR count). The Morgan fingerprint density at radius 3 is 2.63 bits per heavy atom. The molecular formula is C12H12FN3O2S. The van der Waals surface area contributed by atoms with E-state index in [1.54, 1.807) is 0 Å². The minimum atomic E-state index is -3.78. The van der Waals surface area contributed by atoms with E-state index in [0.717, 1.165) is 6.07 Å². The van der Waals surface area contributed by atoms with Crippen LogP contribution in [0.3, 0.4) is 0 Å². The first-order chi connectivity index (χ1) is 9.01. The summed E-state index contributed by atoms with van der Waals surface area (Å²) in [5.41, 5.74) is 6.12. The van der Waals surface area contributed by atoms with E-state index in [1.807, 2.05) is 0 Å². The van der Waals surface area contributed by atoms with Crippen molar-refractivity contribution in [1.29, 1.82) is 0 Å². The standard InChI is InChI=1S/C12H12FN3O2S/c13-9-2-1-3-10(6-9)16-19(17,18)12-5-4-11(7-14)15-8-12/h1-6,8,16H,7,14H2. The number of hydrogen-bond acceptors (Lipinski definition) is 4. The van der Waals surface area contributed by atoms with Gasteiger partial charge in [-0.05, 0) is 30.3 Å². The maximum absolute atomic E-state index is 13.0. The van der Waals surface area contributed by atoms with Gasteiger partial charge in [0.1, 0.15) is 10.7 Å². The van der Waals surface area contributed by atoms with Crippen molar-refractivity contribution >= 4 is 15.7 Å². The average Bonchev–Trinajstić information content (AvgIpc) is 2.38. The molecule has 1 aromatic carbocycles. The molecule has 0 saturated heterocycles. The second-order valence-electron chi connectivity index (χ2n) is 3.81. The molecule has 0 spiro atoms. The summed E-state index contributed by atoms with van der Waals surface area (Å²) >= 11 is 0. The van der Waals surface area contributed by atoms with Gasteiger partial charge < -0.3 is 5.73 Å². The van der Waals surface area contributed by atoms with Crippen LogP contribution in [0.15, 0.2) is 47.5 Å². The van der Waals surface area contributed by atoms with Crippen molar-refractivity contribution < 1.29 is 12.8 Å². The summed E-state index contributed by atoms with van der Waals surface area (Å²) in [4.78, 5) is 3.90. The van der Waals surface area contributed by atoms with Crippen molar-refractivity contribution in [2.75, 3.05) is 4.72 Å². The molecule has 1 aromatic heterocycles. The van der Waals surface area contributed by atoms with E-state index in [1.165, 1.54) is 36.5 Å². The van der Waals surface area contributed by atoms with Crippen molar-refractivity contribution in [2.24, 2.45) is 5.73 Å². The fraction of sp³-hybridized carbons (Fsp3) is 0.0833. The molecule has 0 unspecified atom stereocenters. The number of sulfonamides is 1. The lowest BCUT2D eigenvalue weighted by atomic mass is 10.3. The fourth-order valence-electron chi connectivity index (χ4n) is 1.46. The topological polar surface area (TPSA) is 85.1 Å². The third kappa shape index (κ3) is 3.27. The lowest BCUT2D eigenvalue weighted by Crippen LogP contribution is -2.13. The Labute approximate surface area is 110 Å². The molecule has 0 fully saturated rings. The Kier molecular flexibility index (Phi) is 3.77. The largest absolute Gasteiger partial charge is 0.325 e. The van der Waals surface area contributed by atoms with E-state index in [2.05, 4.69) is 9.71 Å². The summed E-state index contributed by atoms with van der Waals surface area (Å²) < 4.78 is 39.3. The summed E-state index contributed by atoms with van der Waals surface area (Å²) in [6.07, 6.45) is 1.21. The van der Waals surface area contributed by atoms with Crippen LogP contribution in [-0.2, 0) is 16.6 Å². The fourth-order valence-corrected chi connectivity index (χ4v) is 2.45. The zero-order valence-electron chi connectivity index (χ0n) is 9.88. The molecule has 2 aromatic rings. The first kappa shape index (κ1) is 13.4. The third-order valence-corrected chi connectivity index (χ3v) is 3.76. The molecule has 0 aliphatic carbocycles. The van der Waals surface area contributed by atoms with E-state index < -0.39 is 15.8 Å². The summed E-state index contributed by atoms with van der Waals surface area (Å²) in [5, 5.41) is 0. The average molecular weight is 281 g/mol. The Bertz CT molecular complexity index is 672. The van der Waals surface area contributed by atoms with Gasteiger partial charge in [-0.3, -0.25) is 9.71 Å². The zero-order valence-corrected chi connectivity index (χ0v) is 10.7. The van der Waals surface area contributed by atoms with Crippen molar-refractivity contribution in [3.05, 3.63) is 54.1 Å². The summed E-state index contributed by atoms with van der Waals surface area (Å²) in [6, 6.07) is 8.14. The van der Waals surface area contributed by atoms with Gasteiger partial charge in [0.05, 0.1) is 11.4 Å². The summed E-state index contributed by atoms with van der Waals surface area (Å²) in [5.74, 6) is -0.517. The van der Waals surface area contributed by atoms with Gasteiger partial charge in [-0.25, -0.2) is 12.8 Å². The van der Waals surface area contributed by atoms with Crippen molar-refractivity contribution in [2.45, 2.75) is 11.4 Å². The number of hydrogen-bond donors (Lipinski definition) is 2. The highest BCUT2D eigenvalue weighted by atomic mass is 32.2. The van der Waals surface area contributed by atoms with Crippen LogP contribution < -0.4 is 10.5 Å². The number of benzene rings is 1. The van der Waals surface area contributed by atoms with Gasteiger partial charge in [0.2, 0.25) is 0 Å². The van der Waals surface area contributed by atoms with Crippen LogP contribution in [0, 0.1) is 5.82 Å². The lowest BCUT2D eigenvalue weighted by molar-refractivity contribution is 0.600. The quantitative estimate of drug-likeness (QED) is 0.889.